The smallest absolute Gasteiger partial charge is 0.229 e. The van der Waals surface area contributed by atoms with Crippen LogP contribution < -0.4 is 5.32 Å². The molecule has 1 fully saturated rings. The van der Waals surface area contributed by atoms with Crippen LogP contribution >= 0.6 is 0 Å². The van der Waals surface area contributed by atoms with Gasteiger partial charge in [0.25, 0.3) is 0 Å². The highest BCUT2D eigenvalue weighted by atomic mass is 16.5. The highest BCUT2D eigenvalue weighted by molar-refractivity contribution is 5.95. The number of hydrogen-bond donors (Lipinski definition) is 2. The van der Waals surface area contributed by atoms with Crippen LogP contribution in [0.2, 0.25) is 0 Å². The zero-order chi connectivity index (χ0) is 16.4. The Morgan fingerprint density at radius 2 is 2.08 bits per heavy atom. The first-order valence-corrected chi connectivity index (χ1v) is 8.23. The predicted octanol–water partition coefficient (Wildman–Crippen LogP) is 3.60. The number of benzene rings is 2. The van der Waals surface area contributed by atoms with Gasteiger partial charge in [-0.2, -0.15) is 0 Å². The summed E-state index contributed by atoms with van der Waals surface area (Å²) >= 11 is 0. The number of hydrogen-bond acceptors (Lipinski definition) is 3. The summed E-state index contributed by atoms with van der Waals surface area (Å²) in [4.78, 5) is 20.2. The molecule has 1 aliphatic heterocycles. The molecule has 2 heterocycles. The third-order valence-corrected chi connectivity index (χ3v) is 4.33. The van der Waals surface area contributed by atoms with E-state index in [0.29, 0.717) is 6.61 Å². The van der Waals surface area contributed by atoms with E-state index in [1.165, 1.54) is 0 Å². The van der Waals surface area contributed by atoms with Gasteiger partial charge in [-0.15, -0.1) is 0 Å². The topological polar surface area (TPSA) is 67.0 Å². The molecule has 1 aliphatic rings. The van der Waals surface area contributed by atoms with Crippen LogP contribution in [-0.4, -0.2) is 29.1 Å². The van der Waals surface area contributed by atoms with E-state index in [1.807, 2.05) is 48.5 Å². The number of anilines is 1. The van der Waals surface area contributed by atoms with E-state index in [4.69, 9.17) is 4.74 Å². The molecule has 4 rings (SSSR count). The van der Waals surface area contributed by atoms with Crippen molar-refractivity contribution in [1.29, 1.82) is 0 Å². The average molecular weight is 321 g/mol. The van der Waals surface area contributed by atoms with Gasteiger partial charge in [-0.3, -0.25) is 4.79 Å². The number of fused-ring (bicyclic) bond motifs is 1. The van der Waals surface area contributed by atoms with Crippen LogP contribution in [-0.2, 0) is 9.53 Å². The van der Waals surface area contributed by atoms with Crippen molar-refractivity contribution in [3.05, 3.63) is 48.5 Å². The monoisotopic (exact) mass is 321 g/mol. The van der Waals surface area contributed by atoms with Gasteiger partial charge < -0.3 is 15.0 Å². The van der Waals surface area contributed by atoms with Crippen molar-refractivity contribution < 1.29 is 9.53 Å². The Bertz CT molecular complexity index is 851. The molecule has 0 unspecified atom stereocenters. The van der Waals surface area contributed by atoms with Crippen LogP contribution in [0.3, 0.4) is 0 Å². The van der Waals surface area contributed by atoms with E-state index in [1.54, 1.807) is 0 Å². The van der Waals surface area contributed by atoms with Gasteiger partial charge in [-0.1, -0.05) is 30.3 Å². The van der Waals surface area contributed by atoms with E-state index in [9.17, 15) is 4.79 Å². The lowest BCUT2D eigenvalue weighted by Crippen LogP contribution is -2.30. The molecule has 0 spiro atoms. The summed E-state index contributed by atoms with van der Waals surface area (Å²) in [7, 11) is 0. The van der Waals surface area contributed by atoms with Crippen molar-refractivity contribution in [2.24, 2.45) is 5.92 Å². The first-order chi connectivity index (χ1) is 11.8. The number of ether oxygens (including phenoxy) is 1. The minimum atomic E-state index is -0.0592. The van der Waals surface area contributed by atoms with E-state index >= 15 is 0 Å². The number of H-pyrrole nitrogens is 1. The number of aromatic nitrogens is 2. The van der Waals surface area contributed by atoms with Crippen LogP contribution in [0.25, 0.3) is 22.4 Å². The van der Waals surface area contributed by atoms with Gasteiger partial charge in [0.1, 0.15) is 5.82 Å². The van der Waals surface area contributed by atoms with Crippen LogP contribution in [0.4, 0.5) is 5.69 Å². The summed E-state index contributed by atoms with van der Waals surface area (Å²) in [6.45, 7) is 1.27. The number of nitrogens with zero attached hydrogens (tertiary/aromatic N) is 1. The second-order valence-electron chi connectivity index (χ2n) is 6.09. The minimum Gasteiger partial charge on any atom is -0.381 e. The van der Waals surface area contributed by atoms with Gasteiger partial charge >= 0.3 is 0 Å². The molecular formula is C19H19N3O2. The lowest BCUT2D eigenvalue weighted by Gasteiger charge is -2.21. The van der Waals surface area contributed by atoms with Crippen molar-refractivity contribution in [2.45, 2.75) is 12.8 Å². The predicted molar refractivity (Wildman–Crippen MR) is 93.7 cm³/mol. The maximum atomic E-state index is 12.3. The molecule has 24 heavy (non-hydrogen) atoms. The Hall–Kier alpha value is -2.66. The van der Waals surface area contributed by atoms with E-state index in [0.717, 1.165) is 47.6 Å². The molecule has 1 aromatic heterocycles. The highest BCUT2D eigenvalue weighted by Gasteiger charge is 2.21. The zero-order valence-electron chi connectivity index (χ0n) is 13.3. The number of carbonyl (C=O) groups is 1. The summed E-state index contributed by atoms with van der Waals surface area (Å²) in [5.41, 5.74) is 3.61. The Morgan fingerprint density at radius 1 is 1.21 bits per heavy atom. The first-order valence-electron chi connectivity index (χ1n) is 8.23. The molecule has 2 aromatic carbocycles. The van der Waals surface area contributed by atoms with Crippen molar-refractivity contribution in [1.82, 2.24) is 9.97 Å². The minimum absolute atomic E-state index is 0.0249. The third kappa shape index (κ3) is 3.03. The van der Waals surface area contributed by atoms with Crippen molar-refractivity contribution in [2.75, 3.05) is 18.5 Å². The molecule has 0 saturated carbocycles. The number of aromatic amines is 1. The fraction of sp³-hybridized carbons (Fsp3) is 0.263. The number of rotatable bonds is 3. The fourth-order valence-electron chi connectivity index (χ4n) is 3.01. The molecule has 122 valence electrons. The molecule has 5 heteroatoms. The van der Waals surface area contributed by atoms with Gasteiger partial charge in [0.2, 0.25) is 5.91 Å². The maximum absolute atomic E-state index is 12.3. The van der Waals surface area contributed by atoms with E-state index < -0.39 is 0 Å². The van der Waals surface area contributed by atoms with Crippen LogP contribution in [0.1, 0.15) is 12.8 Å². The second kappa shape index (κ2) is 6.45. The molecule has 0 bridgehead atoms. The molecule has 0 radical (unpaired) electrons. The maximum Gasteiger partial charge on any atom is 0.229 e. The first kappa shape index (κ1) is 14.9. The number of carbonyl (C=O) groups excluding carboxylic acids is 1. The van der Waals surface area contributed by atoms with Crippen LogP contribution in [0, 0.1) is 5.92 Å². The summed E-state index contributed by atoms with van der Waals surface area (Å²) in [5, 5.41) is 2.99. The Balaban J connectivity index is 1.56. The van der Waals surface area contributed by atoms with Crippen LogP contribution in [0.15, 0.2) is 48.5 Å². The molecular weight excluding hydrogens is 302 g/mol. The fourth-order valence-corrected chi connectivity index (χ4v) is 3.01. The lowest BCUT2D eigenvalue weighted by molar-refractivity contribution is -0.123. The highest BCUT2D eigenvalue weighted by Crippen LogP contribution is 2.23. The number of imidazole rings is 1. The van der Waals surface area contributed by atoms with Gasteiger partial charge in [0.15, 0.2) is 0 Å². The average Bonchev–Trinajstić information content (AvgIpc) is 3.06. The zero-order valence-corrected chi connectivity index (χ0v) is 13.3. The molecule has 1 saturated heterocycles. The molecule has 1 atom stereocenters. The summed E-state index contributed by atoms with van der Waals surface area (Å²) < 4.78 is 5.39. The number of nitrogens with one attached hydrogen (secondary N) is 2. The van der Waals surface area contributed by atoms with Crippen molar-refractivity contribution in [3.63, 3.8) is 0 Å². The third-order valence-electron chi connectivity index (χ3n) is 4.33. The van der Waals surface area contributed by atoms with E-state index in [2.05, 4.69) is 15.3 Å². The quantitative estimate of drug-likeness (QED) is 0.774. The van der Waals surface area contributed by atoms with Gasteiger partial charge in [0, 0.05) is 17.9 Å². The Labute approximate surface area is 140 Å². The SMILES string of the molecule is O=C(Nc1ccc2nc(-c3ccccc3)[nH]c2c1)[C@@H]1CCCOC1. The van der Waals surface area contributed by atoms with Crippen LogP contribution in [0.5, 0.6) is 0 Å². The Kier molecular flexibility index (Phi) is 4.01. The van der Waals surface area contributed by atoms with E-state index in [-0.39, 0.29) is 11.8 Å². The molecule has 1 amide bonds. The Morgan fingerprint density at radius 3 is 2.88 bits per heavy atom. The number of amides is 1. The van der Waals surface area contributed by atoms with Gasteiger partial charge in [0.05, 0.1) is 23.6 Å². The molecule has 2 N–H and O–H groups in total. The molecule has 5 nitrogen and oxygen atoms in total. The lowest BCUT2D eigenvalue weighted by atomic mass is 10.0. The van der Waals surface area contributed by atoms with Crippen molar-refractivity contribution >= 4 is 22.6 Å². The van der Waals surface area contributed by atoms with Gasteiger partial charge in [-0.05, 0) is 31.0 Å². The summed E-state index contributed by atoms with van der Waals surface area (Å²) in [6, 6.07) is 15.7. The summed E-state index contributed by atoms with van der Waals surface area (Å²) in [6.07, 6.45) is 1.83. The van der Waals surface area contributed by atoms with Gasteiger partial charge in [-0.25, -0.2) is 4.98 Å². The normalized spacial score (nSPS) is 17.8. The molecule has 0 aliphatic carbocycles. The molecule has 3 aromatic rings. The summed E-state index contributed by atoms with van der Waals surface area (Å²) in [5.74, 6) is 0.794. The standard InChI is InChI=1S/C19H19N3O2/c23-19(14-7-4-10-24-12-14)20-15-8-9-16-17(11-15)22-18(21-16)13-5-2-1-3-6-13/h1-3,5-6,8-9,11,14H,4,7,10,12H2,(H,20,23)(H,21,22)/t14-/m1/s1. The van der Waals surface area contributed by atoms with Crippen molar-refractivity contribution in [3.8, 4) is 11.4 Å². The second-order valence-corrected chi connectivity index (χ2v) is 6.09. The largest absolute Gasteiger partial charge is 0.381 e.